The molecule has 2 aliphatic heterocycles. The quantitative estimate of drug-likeness (QED) is 0.429. The Morgan fingerprint density at radius 3 is 2.54 bits per heavy atom. The molecule has 2 aromatic rings. The fourth-order valence-corrected chi connectivity index (χ4v) is 7.74. The zero-order valence-corrected chi connectivity index (χ0v) is 21.8. The van der Waals surface area contributed by atoms with E-state index in [1.807, 2.05) is 19.1 Å². The number of hydrogen-bond acceptors (Lipinski definition) is 6. The molecule has 1 fully saturated rings. The number of fused-ring (bicyclic) bond motifs is 1. The predicted octanol–water partition coefficient (Wildman–Crippen LogP) is 5.24. The van der Waals surface area contributed by atoms with E-state index in [9.17, 15) is 18.3 Å². The maximum Gasteiger partial charge on any atom is 0.308 e. The maximum absolute atomic E-state index is 13.8. The van der Waals surface area contributed by atoms with Crippen LogP contribution < -0.4 is 9.47 Å². The lowest BCUT2D eigenvalue weighted by Crippen LogP contribution is -2.49. The van der Waals surface area contributed by atoms with Gasteiger partial charge in [0.05, 0.1) is 16.9 Å². The van der Waals surface area contributed by atoms with Gasteiger partial charge in [-0.3, -0.25) is 4.79 Å². The van der Waals surface area contributed by atoms with E-state index >= 15 is 0 Å². The van der Waals surface area contributed by atoms with Gasteiger partial charge in [0.25, 0.3) is 0 Å². The Morgan fingerprint density at radius 1 is 1.09 bits per heavy atom. The summed E-state index contributed by atoms with van der Waals surface area (Å²) < 4.78 is 39.9. The number of hydrogen-bond donors (Lipinski definition) is 1. The van der Waals surface area contributed by atoms with Crippen LogP contribution in [0.1, 0.15) is 56.2 Å². The normalized spacial score (nSPS) is 22.3. The van der Waals surface area contributed by atoms with Gasteiger partial charge >= 0.3 is 5.97 Å². The van der Waals surface area contributed by atoms with Crippen LogP contribution >= 0.6 is 11.8 Å². The monoisotopic (exact) mass is 519 g/mol. The second kappa shape index (κ2) is 11.2. The number of carboxylic acid groups (broad SMARTS) is 1. The van der Waals surface area contributed by atoms with Crippen LogP contribution in [0, 0.1) is 12.8 Å². The van der Waals surface area contributed by atoms with Crippen LogP contribution in [0.15, 0.2) is 47.4 Å². The molecular weight excluding hydrogens is 486 g/mol. The van der Waals surface area contributed by atoms with E-state index < -0.39 is 28.0 Å². The van der Waals surface area contributed by atoms with Crippen LogP contribution in [0.5, 0.6) is 11.5 Å². The Labute approximate surface area is 211 Å². The number of carboxylic acids is 1. The van der Waals surface area contributed by atoms with Crippen LogP contribution in [-0.4, -0.2) is 48.1 Å². The highest BCUT2D eigenvalue weighted by Gasteiger charge is 2.45. The molecule has 2 aromatic carbocycles. The number of unbranched alkanes of at least 4 members (excludes halogenated alkanes) is 3. The Balaban J connectivity index is 1.67. The van der Waals surface area contributed by atoms with E-state index in [4.69, 9.17) is 9.47 Å². The number of piperidine rings is 1. The number of nitrogens with zero attached hydrogens (tertiary/aromatic N) is 1. The van der Waals surface area contributed by atoms with Gasteiger partial charge in [-0.1, -0.05) is 49.9 Å². The van der Waals surface area contributed by atoms with Crippen molar-refractivity contribution in [3.05, 3.63) is 53.6 Å². The molecule has 0 unspecified atom stereocenters. The number of benzene rings is 2. The number of aliphatic carboxylic acids is 1. The molecule has 0 saturated carbocycles. The third-order valence-corrected chi connectivity index (χ3v) is 10.0. The average Bonchev–Trinajstić information content (AvgIpc) is 3.31. The first-order valence-electron chi connectivity index (χ1n) is 12.1. The highest BCUT2D eigenvalue weighted by atomic mass is 32.2. The largest absolute Gasteiger partial charge is 0.481 e. The van der Waals surface area contributed by atoms with E-state index in [1.165, 1.54) is 4.31 Å². The van der Waals surface area contributed by atoms with E-state index in [-0.39, 0.29) is 23.5 Å². The zero-order chi connectivity index (χ0) is 25.0. The Hall–Kier alpha value is -2.23. The molecule has 1 N–H and O–H groups in total. The lowest BCUT2D eigenvalue weighted by Gasteiger charge is -2.41. The number of sulfonamides is 1. The van der Waals surface area contributed by atoms with Crippen molar-refractivity contribution >= 4 is 27.8 Å². The summed E-state index contributed by atoms with van der Waals surface area (Å²) in [5, 5.41) is 9.87. The van der Waals surface area contributed by atoms with E-state index in [2.05, 4.69) is 6.92 Å². The minimum Gasteiger partial charge on any atom is -0.481 e. The van der Waals surface area contributed by atoms with Crippen molar-refractivity contribution in [2.24, 2.45) is 5.92 Å². The van der Waals surface area contributed by atoms with Gasteiger partial charge in [0.1, 0.15) is 0 Å². The van der Waals surface area contributed by atoms with E-state index in [1.54, 1.807) is 42.1 Å². The molecular formula is C26H33NO6S2. The summed E-state index contributed by atoms with van der Waals surface area (Å²) in [6.45, 7) is 4.12. The Morgan fingerprint density at radius 2 is 1.83 bits per heavy atom. The van der Waals surface area contributed by atoms with Gasteiger partial charge in [-0.05, 0) is 55.3 Å². The molecule has 3 atom stereocenters. The van der Waals surface area contributed by atoms with Crippen molar-refractivity contribution in [1.29, 1.82) is 0 Å². The second-order valence-electron chi connectivity index (χ2n) is 9.17. The summed E-state index contributed by atoms with van der Waals surface area (Å²) in [6.07, 6.45) is 4.87. The number of aryl methyl sites for hydroxylation is 1. The van der Waals surface area contributed by atoms with Crippen molar-refractivity contribution in [3.8, 4) is 11.5 Å². The van der Waals surface area contributed by atoms with Gasteiger partial charge in [0.15, 0.2) is 11.5 Å². The van der Waals surface area contributed by atoms with Crippen LogP contribution in [0.2, 0.25) is 0 Å². The number of rotatable bonds is 10. The SMILES string of the molecule is CCCCCCS[C@@H]1C[C@@H](c2ccc3c(c2)OCO3)N(S(=O)(=O)c2ccc(C)cc2)C[C@H]1C(=O)O. The van der Waals surface area contributed by atoms with Crippen LogP contribution in [0.25, 0.3) is 0 Å². The lowest BCUT2D eigenvalue weighted by atomic mass is 9.90. The van der Waals surface area contributed by atoms with Crippen molar-refractivity contribution < 1.29 is 27.8 Å². The average molecular weight is 520 g/mol. The number of ether oxygens (including phenoxy) is 2. The minimum atomic E-state index is -3.92. The molecule has 9 heteroatoms. The molecule has 2 aliphatic rings. The van der Waals surface area contributed by atoms with E-state index in [0.29, 0.717) is 17.9 Å². The summed E-state index contributed by atoms with van der Waals surface area (Å²) in [5.74, 6) is 0.343. The first-order valence-corrected chi connectivity index (χ1v) is 14.6. The Bertz CT molecular complexity index is 1140. The molecule has 190 valence electrons. The molecule has 0 bridgehead atoms. The molecule has 35 heavy (non-hydrogen) atoms. The highest BCUT2D eigenvalue weighted by molar-refractivity contribution is 7.99. The van der Waals surface area contributed by atoms with Crippen molar-refractivity contribution in [2.75, 3.05) is 19.1 Å². The maximum atomic E-state index is 13.8. The molecule has 1 saturated heterocycles. The van der Waals surface area contributed by atoms with Gasteiger partial charge in [0.2, 0.25) is 16.8 Å². The summed E-state index contributed by atoms with van der Waals surface area (Å²) in [6, 6.07) is 11.7. The summed E-state index contributed by atoms with van der Waals surface area (Å²) in [7, 11) is -3.92. The van der Waals surface area contributed by atoms with Crippen LogP contribution in [0.4, 0.5) is 0 Å². The van der Waals surface area contributed by atoms with Crippen molar-refractivity contribution in [2.45, 2.75) is 62.1 Å². The fourth-order valence-electron chi connectivity index (χ4n) is 4.66. The molecule has 7 nitrogen and oxygen atoms in total. The van der Waals surface area contributed by atoms with Gasteiger partial charge in [-0.2, -0.15) is 16.1 Å². The number of thioether (sulfide) groups is 1. The first kappa shape index (κ1) is 25.9. The van der Waals surface area contributed by atoms with Gasteiger partial charge < -0.3 is 14.6 Å². The molecule has 2 heterocycles. The molecule has 0 spiro atoms. The third-order valence-electron chi connectivity index (χ3n) is 6.68. The van der Waals surface area contributed by atoms with Crippen molar-refractivity contribution in [1.82, 2.24) is 4.31 Å². The lowest BCUT2D eigenvalue weighted by molar-refractivity contribution is -0.143. The third kappa shape index (κ3) is 5.78. The first-order chi connectivity index (χ1) is 16.8. The summed E-state index contributed by atoms with van der Waals surface area (Å²) >= 11 is 1.66. The molecule has 0 amide bonds. The van der Waals surface area contributed by atoms with Crippen LogP contribution in [0.3, 0.4) is 0 Å². The van der Waals surface area contributed by atoms with Crippen molar-refractivity contribution in [3.63, 3.8) is 0 Å². The Kier molecular flexibility index (Phi) is 8.29. The topological polar surface area (TPSA) is 93.1 Å². The zero-order valence-electron chi connectivity index (χ0n) is 20.2. The predicted molar refractivity (Wildman–Crippen MR) is 137 cm³/mol. The van der Waals surface area contributed by atoms with Crippen LogP contribution in [-0.2, 0) is 14.8 Å². The molecule has 0 aromatic heterocycles. The smallest absolute Gasteiger partial charge is 0.308 e. The molecule has 0 aliphatic carbocycles. The molecule has 0 radical (unpaired) electrons. The standard InChI is InChI=1S/C26H33NO6S2/c1-3-4-5-6-13-34-25-15-22(19-9-12-23-24(14-19)33-17-32-23)27(16-21(25)26(28)29)35(30,31)20-10-7-18(2)8-11-20/h7-12,14,21-22,25H,3-6,13,15-17H2,1-2H3,(H,28,29)/t21-,22+,25-/m1/s1. The van der Waals surface area contributed by atoms with Gasteiger partial charge in [-0.15, -0.1) is 0 Å². The second-order valence-corrected chi connectivity index (χ2v) is 12.4. The summed E-state index contributed by atoms with van der Waals surface area (Å²) in [5.41, 5.74) is 1.74. The fraction of sp³-hybridized carbons (Fsp3) is 0.500. The number of carbonyl (C=O) groups is 1. The molecule has 4 rings (SSSR count). The minimum absolute atomic E-state index is 0.0721. The van der Waals surface area contributed by atoms with Gasteiger partial charge in [0, 0.05) is 11.8 Å². The summed E-state index contributed by atoms with van der Waals surface area (Å²) in [4.78, 5) is 12.4. The van der Waals surface area contributed by atoms with Gasteiger partial charge in [-0.25, -0.2) is 8.42 Å². The highest BCUT2D eigenvalue weighted by Crippen LogP contribution is 2.44. The van der Waals surface area contributed by atoms with E-state index in [0.717, 1.165) is 42.6 Å².